The van der Waals surface area contributed by atoms with Crippen LogP contribution in [0.25, 0.3) is 5.65 Å². The highest BCUT2D eigenvalue weighted by Gasteiger charge is 2.37. The van der Waals surface area contributed by atoms with E-state index < -0.39 is 36.4 Å². The van der Waals surface area contributed by atoms with Crippen molar-refractivity contribution in [2.24, 2.45) is 0 Å². The Labute approximate surface area is 159 Å². The fourth-order valence-corrected chi connectivity index (χ4v) is 2.96. The van der Waals surface area contributed by atoms with Crippen molar-refractivity contribution in [1.82, 2.24) is 4.40 Å². The van der Waals surface area contributed by atoms with Crippen molar-refractivity contribution in [3.63, 3.8) is 0 Å². The maximum absolute atomic E-state index is 12.7. The van der Waals surface area contributed by atoms with Gasteiger partial charge in [-0.05, 0) is 24.1 Å². The summed E-state index contributed by atoms with van der Waals surface area (Å²) in [5, 5.41) is 29.9. The van der Waals surface area contributed by atoms with Crippen LogP contribution in [0.15, 0.2) is 23.0 Å². The van der Waals surface area contributed by atoms with Gasteiger partial charge in [-0.25, -0.2) is 9.59 Å². The minimum Gasteiger partial charge on any atom is -0.547 e. The summed E-state index contributed by atoms with van der Waals surface area (Å²) in [6.45, 7) is 5.00. The van der Waals surface area contributed by atoms with Crippen molar-refractivity contribution in [3.8, 4) is 0 Å². The smallest absolute Gasteiger partial charge is 0.361 e. The van der Waals surface area contributed by atoms with Gasteiger partial charge in [0, 0.05) is 13.0 Å². The van der Waals surface area contributed by atoms with Gasteiger partial charge in [0.2, 0.25) is 0 Å². The van der Waals surface area contributed by atoms with E-state index in [1.54, 1.807) is 32.9 Å². The van der Waals surface area contributed by atoms with Crippen LogP contribution in [0.3, 0.4) is 0 Å². The first-order valence-corrected chi connectivity index (χ1v) is 8.44. The first kappa shape index (κ1) is 21.0. The second-order valence-electron chi connectivity index (χ2n) is 6.41. The Kier molecular flexibility index (Phi) is 5.84. The van der Waals surface area contributed by atoms with E-state index in [1.165, 1.54) is 10.5 Å². The van der Waals surface area contributed by atoms with Crippen molar-refractivity contribution in [1.29, 1.82) is 0 Å². The third-order valence-corrected chi connectivity index (χ3v) is 4.38. The fourth-order valence-electron chi connectivity index (χ4n) is 2.96. The van der Waals surface area contributed by atoms with Gasteiger partial charge >= 0.3 is 23.1 Å². The van der Waals surface area contributed by atoms with Crippen molar-refractivity contribution in [2.45, 2.75) is 45.6 Å². The van der Waals surface area contributed by atoms with Crippen LogP contribution < -0.4 is 20.2 Å². The van der Waals surface area contributed by atoms with Gasteiger partial charge in [-0.15, -0.1) is 0 Å². The quantitative estimate of drug-likeness (QED) is 0.517. The zero-order chi connectivity index (χ0) is 21.2. The monoisotopic (exact) mass is 392 g/mol. The van der Waals surface area contributed by atoms with Crippen LogP contribution in [0.1, 0.15) is 36.7 Å². The summed E-state index contributed by atoms with van der Waals surface area (Å²) in [5.74, 6) is -4.93. The number of aryl methyl sites for hydroxylation is 1. The number of hydrogen-bond acceptors (Lipinski definition) is 7. The number of carboxylic acids is 2. The fraction of sp³-hybridized carbons (Fsp3) is 0.389. The average Bonchev–Trinajstić information content (AvgIpc) is 2.57. The maximum atomic E-state index is 12.7. The summed E-state index contributed by atoms with van der Waals surface area (Å²) in [5.41, 5.74) is -1.72. The van der Waals surface area contributed by atoms with Crippen LogP contribution >= 0.6 is 0 Å². The first-order valence-electron chi connectivity index (χ1n) is 8.44. The van der Waals surface area contributed by atoms with Crippen LogP contribution in [0.4, 0.5) is 0 Å². The van der Waals surface area contributed by atoms with E-state index in [1.807, 2.05) is 0 Å². The standard InChI is InChI=1S/C18H20N2O8/c1-4-12-11(3)20(13-7-5-6-10(2)19(13)16(12)24)28-15(23)9-18(27,17(25)26)8-14(21)22/h5-7,27H,4,8-9H2,1-3H3,(H-,21,22,25,26). The first-order chi connectivity index (χ1) is 13.0. The van der Waals surface area contributed by atoms with Gasteiger partial charge in [-0.2, -0.15) is 4.40 Å². The lowest BCUT2D eigenvalue weighted by molar-refractivity contribution is -0.856. The molecule has 0 radical (unpaired) electrons. The number of carbonyl (C=O) groups excluding carboxylic acids is 2. The van der Waals surface area contributed by atoms with Crippen LogP contribution in [0.2, 0.25) is 0 Å². The zero-order valence-corrected chi connectivity index (χ0v) is 15.6. The van der Waals surface area contributed by atoms with E-state index in [9.17, 15) is 29.4 Å². The molecule has 1 atom stereocenters. The molecule has 1 unspecified atom stereocenters. The summed E-state index contributed by atoms with van der Waals surface area (Å²) in [4.78, 5) is 52.1. The third kappa shape index (κ3) is 3.86. The van der Waals surface area contributed by atoms with Gasteiger partial charge in [-0.3, -0.25) is 9.63 Å². The number of pyridine rings is 1. The summed E-state index contributed by atoms with van der Waals surface area (Å²) >= 11 is 0. The second kappa shape index (κ2) is 7.77. The lowest BCUT2D eigenvalue weighted by atomic mass is 9.96. The van der Waals surface area contributed by atoms with Gasteiger partial charge in [0.15, 0.2) is 5.69 Å². The molecule has 0 saturated carbocycles. The molecule has 0 bridgehead atoms. The summed E-state index contributed by atoms with van der Waals surface area (Å²) in [6.07, 6.45) is -2.03. The minimum atomic E-state index is -2.93. The number of hydrogen-bond donors (Lipinski definition) is 2. The summed E-state index contributed by atoms with van der Waals surface area (Å²) < 4.78 is 2.40. The molecule has 10 nitrogen and oxygen atoms in total. The van der Waals surface area contributed by atoms with Crippen LogP contribution in [-0.4, -0.2) is 38.1 Å². The zero-order valence-electron chi connectivity index (χ0n) is 15.6. The highest BCUT2D eigenvalue weighted by Crippen LogP contribution is 2.15. The van der Waals surface area contributed by atoms with Gasteiger partial charge < -0.3 is 20.1 Å². The Balaban J connectivity index is 2.53. The minimum absolute atomic E-state index is 0.211. The number of aliphatic hydroxyl groups is 1. The SMILES string of the molecule is CCc1c(C)[n+](OC(=O)CC(O)(CC(=O)O)C(=O)[O-])c2cccc(C)n2c1=O. The van der Waals surface area contributed by atoms with E-state index >= 15 is 0 Å². The van der Waals surface area contributed by atoms with Gasteiger partial charge in [-0.1, -0.05) is 13.0 Å². The average molecular weight is 392 g/mol. The number of nitrogens with zero attached hydrogens (tertiary/aromatic N) is 2. The van der Waals surface area contributed by atoms with Gasteiger partial charge in [0.25, 0.3) is 0 Å². The van der Waals surface area contributed by atoms with E-state index in [2.05, 4.69) is 0 Å². The van der Waals surface area contributed by atoms with Gasteiger partial charge in [0.1, 0.15) is 11.3 Å². The molecular formula is C18H20N2O8. The number of carbonyl (C=O) groups is 3. The molecule has 10 heteroatoms. The maximum Gasteiger partial charge on any atom is 0.361 e. The molecular weight excluding hydrogens is 372 g/mol. The second-order valence-corrected chi connectivity index (χ2v) is 6.41. The van der Waals surface area contributed by atoms with Crippen LogP contribution in [-0.2, 0) is 20.8 Å². The summed E-state index contributed by atoms with van der Waals surface area (Å²) in [6, 6.07) is 4.86. The highest BCUT2D eigenvalue weighted by atomic mass is 16.7. The van der Waals surface area contributed by atoms with E-state index in [0.29, 0.717) is 23.4 Å². The van der Waals surface area contributed by atoms with Crippen molar-refractivity contribution < 1.29 is 39.3 Å². The molecule has 2 N–H and O–H groups in total. The molecule has 0 amide bonds. The molecule has 0 aliphatic rings. The molecule has 0 aliphatic heterocycles. The predicted molar refractivity (Wildman–Crippen MR) is 91.1 cm³/mol. The summed E-state index contributed by atoms with van der Waals surface area (Å²) in [7, 11) is 0. The van der Waals surface area contributed by atoms with Crippen molar-refractivity contribution >= 4 is 23.6 Å². The largest absolute Gasteiger partial charge is 0.547 e. The number of rotatable bonds is 7. The van der Waals surface area contributed by atoms with Gasteiger partial charge in [0.05, 0.1) is 24.4 Å². The molecule has 150 valence electrons. The predicted octanol–water partition coefficient (Wildman–Crippen LogP) is -1.93. The Morgan fingerprint density at radius 3 is 2.43 bits per heavy atom. The molecule has 0 aliphatic carbocycles. The Morgan fingerprint density at radius 1 is 1.25 bits per heavy atom. The number of aromatic nitrogens is 2. The highest BCUT2D eigenvalue weighted by molar-refractivity contribution is 5.87. The Bertz CT molecular complexity index is 1030. The van der Waals surface area contributed by atoms with Crippen LogP contribution in [0.5, 0.6) is 0 Å². The number of fused-ring (bicyclic) bond motifs is 1. The third-order valence-electron chi connectivity index (χ3n) is 4.38. The molecule has 0 fully saturated rings. The van der Waals surface area contributed by atoms with Crippen molar-refractivity contribution in [2.75, 3.05) is 0 Å². The van der Waals surface area contributed by atoms with E-state index in [4.69, 9.17) is 9.94 Å². The molecule has 0 aromatic carbocycles. The number of aliphatic carboxylic acids is 2. The lowest BCUT2D eigenvalue weighted by Crippen LogP contribution is -2.56. The molecule has 2 aromatic heterocycles. The molecule has 2 rings (SSSR count). The van der Waals surface area contributed by atoms with Crippen molar-refractivity contribution in [3.05, 3.63) is 45.5 Å². The Hall–Kier alpha value is -3.27. The van der Waals surface area contributed by atoms with Crippen LogP contribution in [0, 0.1) is 13.8 Å². The molecule has 2 heterocycles. The van der Waals surface area contributed by atoms with E-state index in [-0.39, 0.29) is 11.2 Å². The lowest BCUT2D eigenvalue weighted by Gasteiger charge is -2.25. The normalized spacial score (nSPS) is 13.1. The molecule has 0 saturated heterocycles. The number of carboxylic acid groups (broad SMARTS) is 2. The van der Waals surface area contributed by atoms with E-state index in [0.717, 1.165) is 4.73 Å². The Morgan fingerprint density at radius 2 is 1.89 bits per heavy atom. The topological polar surface area (TPSA) is 149 Å². The molecule has 2 aromatic rings. The molecule has 0 spiro atoms. The molecule has 28 heavy (non-hydrogen) atoms.